The molecule has 0 fully saturated rings. The van der Waals surface area contributed by atoms with Crippen LogP contribution in [-0.2, 0) is 0 Å². The smallest absolute Gasteiger partial charge is 0.321 e. The molecule has 4 amide bonds. The van der Waals surface area contributed by atoms with Crippen LogP contribution in [0.1, 0.15) is 26.3 Å². The summed E-state index contributed by atoms with van der Waals surface area (Å²) in [6, 6.07) is 16.1. The van der Waals surface area contributed by atoms with Crippen molar-refractivity contribution >= 4 is 46.5 Å². The molecule has 11 heteroatoms. The summed E-state index contributed by atoms with van der Waals surface area (Å²) in [5.74, 6) is -1.09. The van der Waals surface area contributed by atoms with E-state index in [9.17, 15) is 24.5 Å². The predicted octanol–water partition coefficient (Wildman–Crippen LogP) is 4.28. The maximum Gasteiger partial charge on any atom is 0.337 e. The summed E-state index contributed by atoms with van der Waals surface area (Å²) in [6.45, 7) is 1.90. The lowest BCUT2D eigenvalue weighted by Crippen LogP contribution is -2.44. The number of nitrogens with zero attached hydrogens (tertiary/aromatic N) is 1. The number of halogens is 1. The largest absolute Gasteiger partial charge is 0.337 e. The van der Waals surface area contributed by atoms with E-state index in [0.29, 0.717) is 5.56 Å². The van der Waals surface area contributed by atoms with Gasteiger partial charge < -0.3 is 10.6 Å². The number of para-hydroxylation sites is 1. The van der Waals surface area contributed by atoms with E-state index < -0.39 is 22.8 Å². The molecule has 33 heavy (non-hydrogen) atoms. The first-order chi connectivity index (χ1) is 15.7. The Morgan fingerprint density at radius 1 is 0.879 bits per heavy atom. The Morgan fingerprint density at radius 3 is 2.27 bits per heavy atom. The number of anilines is 2. The molecule has 0 unspecified atom stereocenters. The predicted molar refractivity (Wildman–Crippen MR) is 123 cm³/mol. The third-order valence-electron chi connectivity index (χ3n) is 4.42. The minimum absolute atomic E-state index is 0.0800. The van der Waals surface area contributed by atoms with Gasteiger partial charge in [0.15, 0.2) is 0 Å². The van der Waals surface area contributed by atoms with Gasteiger partial charge in [0, 0.05) is 17.3 Å². The molecule has 0 aliphatic heterocycles. The Hall–Kier alpha value is -4.44. The average molecular weight is 468 g/mol. The van der Waals surface area contributed by atoms with Crippen LogP contribution in [0.3, 0.4) is 0 Å². The lowest BCUT2D eigenvalue weighted by molar-refractivity contribution is -0.384. The third kappa shape index (κ3) is 6.05. The van der Waals surface area contributed by atoms with Crippen LogP contribution < -0.4 is 21.5 Å². The summed E-state index contributed by atoms with van der Waals surface area (Å²) >= 11 is 5.74. The summed E-state index contributed by atoms with van der Waals surface area (Å²) in [4.78, 5) is 47.4. The van der Waals surface area contributed by atoms with Gasteiger partial charge in [0.05, 0.1) is 16.2 Å². The Bertz CT molecular complexity index is 1230. The quantitative estimate of drug-likeness (QED) is 0.327. The van der Waals surface area contributed by atoms with Gasteiger partial charge in [-0.1, -0.05) is 41.4 Å². The van der Waals surface area contributed by atoms with Crippen molar-refractivity contribution in [2.75, 3.05) is 10.6 Å². The third-order valence-corrected chi connectivity index (χ3v) is 4.74. The van der Waals surface area contributed by atoms with E-state index in [1.807, 2.05) is 6.92 Å². The van der Waals surface area contributed by atoms with E-state index in [0.717, 1.165) is 11.6 Å². The number of carbonyl (C=O) groups excluding carboxylic acids is 3. The second-order valence-electron chi connectivity index (χ2n) is 6.82. The van der Waals surface area contributed by atoms with E-state index in [4.69, 9.17) is 11.6 Å². The van der Waals surface area contributed by atoms with Crippen LogP contribution in [-0.4, -0.2) is 22.8 Å². The van der Waals surface area contributed by atoms with Gasteiger partial charge in [0.2, 0.25) is 0 Å². The SMILES string of the molecule is Cc1ccc(C(=O)Nc2ccccc2C(=O)NNC(=O)Nc2ccc(Cl)c([N+](=O)[O-])c2)cc1. The molecular weight excluding hydrogens is 450 g/mol. The number of benzene rings is 3. The zero-order chi connectivity index (χ0) is 24.0. The fourth-order valence-electron chi connectivity index (χ4n) is 2.76. The number of rotatable bonds is 5. The minimum Gasteiger partial charge on any atom is -0.321 e. The average Bonchev–Trinajstić information content (AvgIpc) is 2.79. The van der Waals surface area contributed by atoms with E-state index in [2.05, 4.69) is 21.5 Å². The number of hydrogen-bond donors (Lipinski definition) is 4. The van der Waals surface area contributed by atoms with Gasteiger partial charge in [-0.2, -0.15) is 0 Å². The highest BCUT2D eigenvalue weighted by Gasteiger charge is 2.16. The maximum absolute atomic E-state index is 12.6. The normalized spacial score (nSPS) is 10.1. The van der Waals surface area contributed by atoms with E-state index in [1.54, 1.807) is 42.5 Å². The molecule has 3 aromatic rings. The number of nitrogens with one attached hydrogen (secondary N) is 4. The zero-order valence-corrected chi connectivity index (χ0v) is 18.0. The first-order valence-electron chi connectivity index (χ1n) is 9.53. The zero-order valence-electron chi connectivity index (χ0n) is 17.2. The van der Waals surface area contributed by atoms with Crippen molar-refractivity contribution in [1.82, 2.24) is 10.9 Å². The summed E-state index contributed by atoms with van der Waals surface area (Å²) in [5.41, 5.74) is 5.87. The molecule has 0 saturated heterocycles. The van der Waals surface area contributed by atoms with Crippen molar-refractivity contribution in [1.29, 1.82) is 0 Å². The van der Waals surface area contributed by atoms with Gasteiger partial charge >= 0.3 is 6.03 Å². The molecule has 0 aliphatic rings. The number of amides is 4. The fraction of sp³-hybridized carbons (Fsp3) is 0.0455. The molecule has 0 radical (unpaired) electrons. The van der Waals surface area contributed by atoms with Crippen LogP contribution in [0.2, 0.25) is 5.02 Å². The Labute approximate surface area is 193 Å². The van der Waals surface area contributed by atoms with Crippen LogP contribution in [0.4, 0.5) is 21.9 Å². The molecule has 0 bridgehead atoms. The lowest BCUT2D eigenvalue weighted by Gasteiger charge is -2.13. The summed E-state index contributed by atoms with van der Waals surface area (Å²) in [6.07, 6.45) is 0. The molecule has 10 nitrogen and oxygen atoms in total. The van der Waals surface area contributed by atoms with Crippen LogP contribution in [0.5, 0.6) is 0 Å². The molecule has 0 heterocycles. The Balaban J connectivity index is 1.63. The van der Waals surface area contributed by atoms with E-state index in [1.165, 1.54) is 18.2 Å². The number of hydrogen-bond acceptors (Lipinski definition) is 5. The van der Waals surface area contributed by atoms with Gasteiger partial charge in [-0.3, -0.25) is 25.1 Å². The molecule has 168 valence electrons. The standard InChI is InChI=1S/C22H18ClN5O5/c1-13-6-8-14(9-7-13)20(29)25-18-5-3-2-4-16(18)21(30)26-27-22(31)24-15-10-11-17(23)19(12-15)28(32)33/h2-12H,1H3,(H,25,29)(H,26,30)(H2,24,27,31). The van der Waals surface area contributed by atoms with Crippen LogP contribution in [0.15, 0.2) is 66.7 Å². The minimum atomic E-state index is -0.846. The summed E-state index contributed by atoms with van der Waals surface area (Å²) < 4.78 is 0. The van der Waals surface area contributed by atoms with Crippen molar-refractivity contribution in [2.24, 2.45) is 0 Å². The number of aryl methyl sites for hydroxylation is 1. The monoisotopic (exact) mass is 467 g/mol. The Morgan fingerprint density at radius 2 is 1.58 bits per heavy atom. The summed E-state index contributed by atoms with van der Waals surface area (Å²) in [5, 5.41) is 15.9. The molecule has 0 spiro atoms. The highest BCUT2D eigenvalue weighted by molar-refractivity contribution is 6.32. The van der Waals surface area contributed by atoms with Crippen molar-refractivity contribution in [3.05, 3.63) is 98.6 Å². The van der Waals surface area contributed by atoms with Crippen molar-refractivity contribution in [2.45, 2.75) is 6.92 Å². The van der Waals surface area contributed by atoms with Crippen molar-refractivity contribution in [3.8, 4) is 0 Å². The van der Waals surface area contributed by atoms with E-state index >= 15 is 0 Å². The van der Waals surface area contributed by atoms with E-state index in [-0.39, 0.29) is 27.6 Å². The van der Waals surface area contributed by atoms with Crippen molar-refractivity contribution in [3.63, 3.8) is 0 Å². The molecule has 0 atom stereocenters. The second kappa shape index (κ2) is 10.2. The maximum atomic E-state index is 12.6. The van der Waals surface area contributed by atoms with Gasteiger partial charge in [-0.15, -0.1) is 0 Å². The highest BCUT2D eigenvalue weighted by atomic mass is 35.5. The van der Waals surface area contributed by atoms with Gasteiger partial charge in [0.1, 0.15) is 5.02 Å². The molecule has 0 aliphatic carbocycles. The summed E-state index contributed by atoms with van der Waals surface area (Å²) in [7, 11) is 0. The first-order valence-corrected chi connectivity index (χ1v) is 9.90. The number of urea groups is 1. The topological polar surface area (TPSA) is 142 Å². The van der Waals surface area contributed by atoms with Gasteiger partial charge in [-0.05, 0) is 43.3 Å². The number of nitro groups is 1. The van der Waals surface area contributed by atoms with Crippen LogP contribution in [0, 0.1) is 17.0 Å². The van der Waals surface area contributed by atoms with Gasteiger partial charge in [-0.25, -0.2) is 10.2 Å². The number of nitro benzene ring substituents is 1. The first kappa shape index (κ1) is 23.2. The molecule has 3 aromatic carbocycles. The highest BCUT2D eigenvalue weighted by Crippen LogP contribution is 2.27. The van der Waals surface area contributed by atoms with Crippen LogP contribution >= 0.6 is 11.6 Å². The second-order valence-corrected chi connectivity index (χ2v) is 7.23. The fourth-order valence-corrected chi connectivity index (χ4v) is 2.95. The molecule has 0 saturated carbocycles. The Kier molecular flexibility index (Phi) is 7.21. The molecule has 4 N–H and O–H groups in total. The van der Waals surface area contributed by atoms with Crippen molar-refractivity contribution < 1.29 is 19.3 Å². The number of hydrazine groups is 1. The molecule has 0 aromatic heterocycles. The lowest BCUT2D eigenvalue weighted by atomic mass is 10.1. The molecule has 3 rings (SSSR count). The van der Waals surface area contributed by atoms with Crippen LogP contribution in [0.25, 0.3) is 0 Å². The molecular formula is C22H18ClN5O5. The number of carbonyl (C=O) groups is 3. The van der Waals surface area contributed by atoms with Gasteiger partial charge in [0.25, 0.3) is 17.5 Å².